The van der Waals surface area contributed by atoms with Gasteiger partial charge in [0.1, 0.15) is 11.6 Å². The van der Waals surface area contributed by atoms with Gasteiger partial charge in [0.25, 0.3) is 0 Å². The molecule has 0 bridgehead atoms. The number of hydrogen-bond acceptors (Lipinski definition) is 3. The molecule has 104 valence electrons. The van der Waals surface area contributed by atoms with Gasteiger partial charge in [0.15, 0.2) is 0 Å². The predicted octanol–water partition coefficient (Wildman–Crippen LogP) is 3.34. The Morgan fingerprint density at radius 3 is 2.45 bits per heavy atom. The lowest BCUT2D eigenvalue weighted by Gasteiger charge is -2.17. The number of nitrogens with zero attached hydrogens (tertiary/aromatic N) is 2. The van der Waals surface area contributed by atoms with E-state index in [1.54, 1.807) is 6.20 Å². The van der Waals surface area contributed by atoms with E-state index in [0.717, 1.165) is 17.1 Å². The fraction of sp³-hybridized carbons (Fsp3) is 0.353. The highest BCUT2D eigenvalue weighted by molar-refractivity contribution is 5.87. The monoisotopic (exact) mass is 268 g/mol. The number of carbonyl (C=O) groups is 1. The van der Waals surface area contributed by atoms with Crippen LogP contribution in [0.25, 0.3) is 0 Å². The van der Waals surface area contributed by atoms with Crippen molar-refractivity contribution < 1.29 is 4.79 Å². The lowest BCUT2D eigenvalue weighted by molar-refractivity contribution is -0.123. The maximum Gasteiger partial charge on any atom is 0.143 e. The molecule has 0 fully saturated rings. The lowest BCUT2D eigenvalue weighted by Crippen LogP contribution is -2.21. The second-order valence-electron chi connectivity index (χ2n) is 5.34. The second-order valence-corrected chi connectivity index (χ2v) is 5.34. The standard InChI is InChI=1S/C17H20N2O/c1-12(2)17(20)15(14-7-5-4-6-8-14)11-16-18-10-9-13(3)19-16/h4-10,12,15H,11H2,1-3H3. The molecule has 0 saturated heterocycles. The Bertz CT molecular complexity index is 579. The normalized spacial score (nSPS) is 12.4. The molecular weight excluding hydrogens is 248 g/mol. The Balaban J connectivity index is 2.30. The van der Waals surface area contributed by atoms with Crippen LogP contribution < -0.4 is 0 Å². The average molecular weight is 268 g/mol. The van der Waals surface area contributed by atoms with Crippen LogP contribution in [0.2, 0.25) is 0 Å². The molecule has 1 heterocycles. The van der Waals surface area contributed by atoms with Gasteiger partial charge in [-0.1, -0.05) is 44.2 Å². The van der Waals surface area contributed by atoms with Crippen molar-refractivity contribution in [2.24, 2.45) is 5.92 Å². The molecule has 1 atom stereocenters. The van der Waals surface area contributed by atoms with E-state index in [2.05, 4.69) is 9.97 Å². The highest BCUT2D eigenvalue weighted by atomic mass is 16.1. The summed E-state index contributed by atoms with van der Waals surface area (Å²) in [6, 6.07) is 11.8. The molecule has 20 heavy (non-hydrogen) atoms. The van der Waals surface area contributed by atoms with Gasteiger partial charge in [-0.3, -0.25) is 4.79 Å². The molecule has 1 aromatic carbocycles. The van der Waals surface area contributed by atoms with Crippen LogP contribution in [0.4, 0.5) is 0 Å². The van der Waals surface area contributed by atoms with E-state index in [0.29, 0.717) is 6.42 Å². The van der Waals surface area contributed by atoms with E-state index >= 15 is 0 Å². The van der Waals surface area contributed by atoms with Crippen molar-refractivity contribution in [3.05, 3.63) is 59.7 Å². The fourth-order valence-corrected chi connectivity index (χ4v) is 2.25. The summed E-state index contributed by atoms with van der Waals surface area (Å²) in [5.41, 5.74) is 1.97. The minimum atomic E-state index is -0.169. The summed E-state index contributed by atoms with van der Waals surface area (Å²) in [7, 11) is 0. The summed E-state index contributed by atoms with van der Waals surface area (Å²) in [4.78, 5) is 21.2. The zero-order chi connectivity index (χ0) is 14.5. The first-order chi connectivity index (χ1) is 9.58. The third kappa shape index (κ3) is 3.50. The molecule has 0 aliphatic carbocycles. The van der Waals surface area contributed by atoms with E-state index in [-0.39, 0.29) is 17.6 Å². The minimum Gasteiger partial charge on any atom is -0.299 e. The zero-order valence-electron chi connectivity index (χ0n) is 12.2. The van der Waals surface area contributed by atoms with E-state index in [1.165, 1.54) is 0 Å². The Kier molecular flexibility index (Phi) is 4.61. The number of carbonyl (C=O) groups excluding carboxylic acids is 1. The molecule has 0 amide bonds. The summed E-state index contributed by atoms with van der Waals surface area (Å²) >= 11 is 0. The molecule has 0 saturated carbocycles. The third-order valence-corrected chi connectivity index (χ3v) is 3.35. The van der Waals surface area contributed by atoms with E-state index in [9.17, 15) is 4.79 Å². The van der Waals surface area contributed by atoms with Gasteiger partial charge in [-0.2, -0.15) is 0 Å². The zero-order valence-corrected chi connectivity index (χ0v) is 12.2. The topological polar surface area (TPSA) is 42.9 Å². The number of Topliss-reactive ketones (excluding diaryl/α,β-unsaturated/α-hetero) is 1. The van der Waals surface area contributed by atoms with Crippen molar-refractivity contribution in [2.45, 2.75) is 33.1 Å². The summed E-state index contributed by atoms with van der Waals surface area (Å²) in [6.45, 7) is 5.82. The van der Waals surface area contributed by atoms with Crippen molar-refractivity contribution in [1.29, 1.82) is 0 Å². The quantitative estimate of drug-likeness (QED) is 0.835. The van der Waals surface area contributed by atoms with Gasteiger partial charge in [0.2, 0.25) is 0 Å². The van der Waals surface area contributed by atoms with Crippen molar-refractivity contribution >= 4 is 5.78 Å². The molecule has 0 radical (unpaired) electrons. The molecule has 0 aliphatic rings. The third-order valence-electron chi connectivity index (χ3n) is 3.35. The Labute approximate surface area is 120 Å². The molecule has 0 N–H and O–H groups in total. The number of aryl methyl sites for hydroxylation is 1. The number of aromatic nitrogens is 2. The maximum atomic E-state index is 12.5. The van der Waals surface area contributed by atoms with Crippen LogP contribution in [0.5, 0.6) is 0 Å². The van der Waals surface area contributed by atoms with Crippen LogP contribution in [0.3, 0.4) is 0 Å². The van der Waals surface area contributed by atoms with E-state index < -0.39 is 0 Å². The van der Waals surface area contributed by atoms with Gasteiger partial charge in [0, 0.05) is 24.2 Å². The van der Waals surface area contributed by atoms with E-state index in [4.69, 9.17) is 0 Å². The molecule has 0 aliphatic heterocycles. The Hall–Kier alpha value is -2.03. The first-order valence-electron chi connectivity index (χ1n) is 6.95. The first kappa shape index (κ1) is 14.4. The highest BCUT2D eigenvalue weighted by Crippen LogP contribution is 2.23. The van der Waals surface area contributed by atoms with Crippen molar-refractivity contribution in [2.75, 3.05) is 0 Å². The summed E-state index contributed by atoms with van der Waals surface area (Å²) in [5, 5.41) is 0. The molecule has 2 aromatic rings. The van der Waals surface area contributed by atoms with Gasteiger partial charge in [0.05, 0.1) is 5.92 Å². The smallest absolute Gasteiger partial charge is 0.143 e. The second kappa shape index (κ2) is 6.42. The number of ketones is 1. The SMILES string of the molecule is Cc1ccnc(CC(C(=O)C(C)C)c2ccccc2)n1. The molecule has 1 unspecified atom stereocenters. The average Bonchev–Trinajstić information content (AvgIpc) is 2.45. The van der Waals surface area contributed by atoms with Crippen LogP contribution in [-0.4, -0.2) is 15.8 Å². The minimum absolute atomic E-state index is 0.00464. The Morgan fingerprint density at radius 1 is 1.15 bits per heavy atom. The predicted molar refractivity (Wildman–Crippen MR) is 79.5 cm³/mol. The van der Waals surface area contributed by atoms with Crippen LogP contribution in [0, 0.1) is 12.8 Å². The number of benzene rings is 1. The van der Waals surface area contributed by atoms with Crippen molar-refractivity contribution in [1.82, 2.24) is 9.97 Å². The van der Waals surface area contributed by atoms with Crippen LogP contribution >= 0.6 is 0 Å². The fourth-order valence-electron chi connectivity index (χ4n) is 2.25. The van der Waals surface area contributed by atoms with Crippen LogP contribution in [0.1, 0.15) is 36.8 Å². The number of rotatable bonds is 5. The maximum absolute atomic E-state index is 12.5. The first-order valence-corrected chi connectivity index (χ1v) is 6.95. The number of hydrogen-bond donors (Lipinski definition) is 0. The van der Waals surface area contributed by atoms with Crippen molar-refractivity contribution in [3.8, 4) is 0 Å². The summed E-state index contributed by atoms with van der Waals surface area (Å²) < 4.78 is 0. The van der Waals surface area contributed by atoms with Crippen LogP contribution in [-0.2, 0) is 11.2 Å². The van der Waals surface area contributed by atoms with Crippen LogP contribution in [0.15, 0.2) is 42.6 Å². The highest BCUT2D eigenvalue weighted by Gasteiger charge is 2.24. The van der Waals surface area contributed by atoms with Gasteiger partial charge in [-0.05, 0) is 18.6 Å². The van der Waals surface area contributed by atoms with Gasteiger partial charge < -0.3 is 0 Å². The molecule has 2 rings (SSSR count). The van der Waals surface area contributed by atoms with Gasteiger partial charge >= 0.3 is 0 Å². The molecule has 1 aromatic heterocycles. The van der Waals surface area contributed by atoms with E-state index in [1.807, 2.05) is 57.2 Å². The van der Waals surface area contributed by atoms with Gasteiger partial charge in [-0.15, -0.1) is 0 Å². The summed E-state index contributed by atoms with van der Waals surface area (Å²) in [6.07, 6.45) is 2.31. The molecule has 3 heteroatoms. The molecule has 3 nitrogen and oxygen atoms in total. The summed E-state index contributed by atoms with van der Waals surface area (Å²) in [5.74, 6) is 0.803. The van der Waals surface area contributed by atoms with Gasteiger partial charge in [-0.25, -0.2) is 9.97 Å². The largest absolute Gasteiger partial charge is 0.299 e. The lowest BCUT2D eigenvalue weighted by atomic mass is 9.86. The molecule has 0 spiro atoms. The molecular formula is C17H20N2O. The van der Waals surface area contributed by atoms with Crippen molar-refractivity contribution in [3.63, 3.8) is 0 Å². The Morgan fingerprint density at radius 2 is 1.85 bits per heavy atom.